The molecule has 0 aliphatic carbocycles. The van der Waals surface area contributed by atoms with E-state index in [4.69, 9.17) is 4.74 Å². The molecule has 0 fully saturated rings. The second kappa shape index (κ2) is 14.2. The third kappa shape index (κ3) is 13.1. The number of aliphatic imine (C=N–C) groups is 1. The molecule has 0 spiro atoms. The molecule has 1 amide bonds. The average Bonchev–Trinajstić information content (AvgIpc) is 2.58. The van der Waals surface area contributed by atoms with Crippen molar-refractivity contribution in [3.63, 3.8) is 0 Å². The molecule has 0 radical (unpaired) electrons. The van der Waals surface area contributed by atoms with Gasteiger partial charge in [0.2, 0.25) is 0 Å². The maximum atomic E-state index is 12.5. The Hall–Kier alpha value is -1.85. The van der Waals surface area contributed by atoms with Gasteiger partial charge in [-0.3, -0.25) is 0 Å². The summed E-state index contributed by atoms with van der Waals surface area (Å²) in [7, 11) is 0. The van der Waals surface area contributed by atoms with Crippen molar-refractivity contribution in [3.8, 4) is 5.75 Å². The average molecular weight is 528 g/mol. The molecule has 0 saturated heterocycles. The maximum absolute atomic E-state index is 12.5. The van der Waals surface area contributed by atoms with E-state index in [-0.39, 0.29) is 36.3 Å². The van der Waals surface area contributed by atoms with E-state index in [1.165, 1.54) is 6.07 Å². The van der Waals surface area contributed by atoms with Gasteiger partial charge in [0.1, 0.15) is 11.4 Å². The molecule has 0 aliphatic heterocycles. The van der Waals surface area contributed by atoms with Crippen LogP contribution >= 0.6 is 24.0 Å². The Morgan fingerprint density at radius 3 is 2.41 bits per heavy atom. The Morgan fingerprint density at radius 1 is 1.14 bits per heavy atom. The highest BCUT2D eigenvalue weighted by Gasteiger charge is 2.15. The third-order valence-corrected chi connectivity index (χ3v) is 3.25. The van der Waals surface area contributed by atoms with Crippen molar-refractivity contribution in [2.75, 3.05) is 19.6 Å². The van der Waals surface area contributed by atoms with Crippen LogP contribution in [0.2, 0.25) is 0 Å². The third-order valence-electron chi connectivity index (χ3n) is 3.25. The fourth-order valence-electron chi connectivity index (χ4n) is 2.15. The zero-order chi connectivity index (χ0) is 21.0. The minimum Gasteiger partial charge on any atom is -0.444 e. The molecular formula is C19H31F2IN4O3. The van der Waals surface area contributed by atoms with Gasteiger partial charge in [-0.15, -0.1) is 24.0 Å². The van der Waals surface area contributed by atoms with Gasteiger partial charge in [-0.2, -0.15) is 8.78 Å². The van der Waals surface area contributed by atoms with Crippen LogP contribution in [0, 0.1) is 0 Å². The van der Waals surface area contributed by atoms with Crippen LogP contribution < -0.4 is 20.7 Å². The summed E-state index contributed by atoms with van der Waals surface area (Å²) >= 11 is 0. The lowest BCUT2D eigenvalue weighted by Crippen LogP contribution is -2.39. The molecule has 7 nitrogen and oxygen atoms in total. The minimum atomic E-state index is -2.88. The Morgan fingerprint density at radius 2 is 1.79 bits per heavy atom. The zero-order valence-corrected chi connectivity index (χ0v) is 19.6. The summed E-state index contributed by atoms with van der Waals surface area (Å²) in [5, 5.41) is 8.89. The van der Waals surface area contributed by atoms with Crippen LogP contribution in [0.25, 0.3) is 0 Å². The second-order valence-corrected chi connectivity index (χ2v) is 6.89. The lowest BCUT2D eigenvalue weighted by molar-refractivity contribution is -0.0504. The molecule has 1 aromatic rings. The van der Waals surface area contributed by atoms with Crippen molar-refractivity contribution in [2.45, 2.75) is 52.9 Å². The number of alkyl carbamates (subject to hydrolysis) is 1. The maximum Gasteiger partial charge on any atom is 0.407 e. The van der Waals surface area contributed by atoms with Crippen molar-refractivity contribution < 1.29 is 23.0 Å². The number of nitrogens with one attached hydrogen (secondary N) is 3. The molecule has 1 rings (SSSR count). The lowest BCUT2D eigenvalue weighted by atomic mass is 10.2. The number of hydrogen-bond donors (Lipinski definition) is 3. The first-order valence-electron chi connectivity index (χ1n) is 9.23. The molecule has 1 aromatic carbocycles. The number of ether oxygens (including phenoxy) is 2. The van der Waals surface area contributed by atoms with Gasteiger partial charge in [-0.25, -0.2) is 9.79 Å². The molecule has 166 valence electrons. The molecule has 0 aliphatic rings. The summed E-state index contributed by atoms with van der Waals surface area (Å²) in [4.78, 5) is 16.0. The van der Waals surface area contributed by atoms with E-state index < -0.39 is 18.3 Å². The summed E-state index contributed by atoms with van der Waals surface area (Å²) in [5.74, 6) is 0.658. The van der Waals surface area contributed by atoms with Crippen molar-refractivity contribution in [3.05, 3.63) is 29.8 Å². The van der Waals surface area contributed by atoms with Gasteiger partial charge in [0.15, 0.2) is 5.96 Å². The summed E-state index contributed by atoms with van der Waals surface area (Å²) in [6, 6.07) is 6.55. The van der Waals surface area contributed by atoms with E-state index in [1.54, 1.807) is 39.0 Å². The van der Waals surface area contributed by atoms with Gasteiger partial charge >= 0.3 is 12.7 Å². The van der Waals surface area contributed by atoms with Crippen molar-refractivity contribution >= 4 is 36.0 Å². The normalized spacial score (nSPS) is 11.5. The molecule has 0 saturated carbocycles. The molecule has 0 atom stereocenters. The molecule has 0 heterocycles. The minimum absolute atomic E-state index is 0. The number of carbonyl (C=O) groups excluding carboxylic acids is 1. The van der Waals surface area contributed by atoms with Gasteiger partial charge in [-0.05, 0) is 40.2 Å². The smallest absolute Gasteiger partial charge is 0.407 e. The Labute approximate surface area is 188 Å². The van der Waals surface area contributed by atoms with Crippen LogP contribution in [0.1, 0.15) is 39.7 Å². The molecular weight excluding hydrogens is 497 g/mol. The fraction of sp³-hybridized carbons (Fsp3) is 0.579. The number of halogens is 3. The number of alkyl halides is 2. The standard InChI is InChI=1S/C19H30F2N4O3.HI/c1-5-22-17(23-11-8-12-24-18(26)28-19(2,3)4)25-13-14-9-6-7-10-15(14)27-16(20)21;/h6-7,9-10,16H,5,8,11-13H2,1-4H3,(H,24,26)(H2,22,23,25);1H. The Kier molecular flexibility index (Phi) is 13.3. The lowest BCUT2D eigenvalue weighted by Gasteiger charge is -2.19. The number of amides is 1. The van der Waals surface area contributed by atoms with Crippen LogP contribution in [-0.4, -0.2) is 43.9 Å². The Bertz CT molecular complexity index is 640. The highest BCUT2D eigenvalue weighted by atomic mass is 127. The van der Waals surface area contributed by atoms with Crippen LogP contribution in [0.5, 0.6) is 5.75 Å². The quantitative estimate of drug-likeness (QED) is 0.196. The second-order valence-electron chi connectivity index (χ2n) is 6.89. The zero-order valence-electron chi connectivity index (χ0n) is 17.3. The molecule has 0 unspecified atom stereocenters. The summed E-state index contributed by atoms with van der Waals surface area (Å²) in [6.45, 7) is 6.31. The van der Waals surface area contributed by atoms with Gasteiger partial charge in [0.05, 0.1) is 6.54 Å². The predicted molar refractivity (Wildman–Crippen MR) is 120 cm³/mol. The van der Waals surface area contributed by atoms with Gasteiger partial charge in [0.25, 0.3) is 0 Å². The van der Waals surface area contributed by atoms with E-state index in [1.807, 2.05) is 6.92 Å². The molecule has 29 heavy (non-hydrogen) atoms. The SMILES string of the molecule is CCNC(=NCc1ccccc1OC(F)F)NCCCNC(=O)OC(C)(C)C.I. The van der Waals surface area contributed by atoms with E-state index >= 15 is 0 Å². The monoisotopic (exact) mass is 528 g/mol. The van der Waals surface area contributed by atoms with Crippen LogP contribution in [0.3, 0.4) is 0 Å². The number of rotatable bonds is 9. The predicted octanol–water partition coefficient (Wildman–Crippen LogP) is 3.88. The first kappa shape index (κ1) is 27.1. The van der Waals surface area contributed by atoms with E-state index in [9.17, 15) is 13.6 Å². The van der Waals surface area contributed by atoms with Crippen LogP contribution in [0.4, 0.5) is 13.6 Å². The van der Waals surface area contributed by atoms with E-state index in [2.05, 4.69) is 25.7 Å². The van der Waals surface area contributed by atoms with E-state index in [0.29, 0.717) is 37.6 Å². The molecule has 0 bridgehead atoms. The summed E-state index contributed by atoms with van der Waals surface area (Å²) < 4.78 is 34.6. The number of guanidine groups is 1. The number of hydrogen-bond acceptors (Lipinski definition) is 4. The molecule has 10 heteroatoms. The summed E-state index contributed by atoms with van der Waals surface area (Å²) in [6.07, 6.45) is 0.207. The van der Waals surface area contributed by atoms with Gasteiger partial charge in [-0.1, -0.05) is 18.2 Å². The molecule has 3 N–H and O–H groups in total. The number of carbonyl (C=O) groups is 1. The Balaban J connectivity index is 0.00000784. The topological polar surface area (TPSA) is 84.0 Å². The van der Waals surface area contributed by atoms with Crippen molar-refractivity contribution in [1.29, 1.82) is 0 Å². The van der Waals surface area contributed by atoms with E-state index in [0.717, 1.165) is 0 Å². The largest absolute Gasteiger partial charge is 0.444 e. The number of benzene rings is 1. The van der Waals surface area contributed by atoms with Crippen LogP contribution in [-0.2, 0) is 11.3 Å². The highest BCUT2D eigenvalue weighted by Crippen LogP contribution is 2.20. The van der Waals surface area contributed by atoms with Crippen molar-refractivity contribution in [1.82, 2.24) is 16.0 Å². The highest BCUT2D eigenvalue weighted by molar-refractivity contribution is 14.0. The first-order chi connectivity index (χ1) is 13.2. The molecule has 0 aromatic heterocycles. The van der Waals surface area contributed by atoms with Crippen LogP contribution in [0.15, 0.2) is 29.3 Å². The first-order valence-corrected chi connectivity index (χ1v) is 9.23. The van der Waals surface area contributed by atoms with Crippen molar-refractivity contribution in [2.24, 2.45) is 4.99 Å². The number of nitrogens with zero attached hydrogens (tertiary/aromatic N) is 1. The van der Waals surface area contributed by atoms with Gasteiger partial charge in [0, 0.05) is 25.2 Å². The number of para-hydroxylation sites is 1. The van der Waals surface area contributed by atoms with Gasteiger partial charge < -0.3 is 25.4 Å². The fourth-order valence-corrected chi connectivity index (χ4v) is 2.15. The summed E-state index contributed by atoms with van der Waals surface area (Å²) in [5.41, 5.74) is 0.0314.